The third kappa shape index (κ3) is 1.55. The van der Waals surface area contributed by atoms with Crippen LogP contribution in [0, 0.1) is 18.3 Å². The van der Waals surface area contributed by atoms with Crippen molar-refractivity contribution in [2.75, 3.05) is 7.11 Å². The van der Waals surface area contributed by atoms with Gasteiger partial charge in [0.2, 0.25) is 0 Å². The highest BCUT2D eigenvalue weighted by atomic mass is 16.5. The first-order chi connectivity index (χ1) is 7.26. The van der Waals surface area contributed by atoms with Gasteiger partial charge in [0.1, 0.15) is 5.76 Å². The van der Waals surface area contributed by atoms with Crippen LogP contribution >= 0.6 is 0 Å². The Morgan fingerprint density at radius 3 is 2.93 bits per heavy atom. The van der Waals surface area contributed by atoms with Crippen LogP contribution in [0.15, 0.2) is 22.6 Å². The number of nitriles is 1. The molecule has 0 aliphatic rings. The van der Waals surface area contributed by atoms with Gasteiger partial charge in [0.25, 0.3) is 0 Å². The molecular weight excluding hydrogens is 190 g/mol. The van der Waals surface area contributed by atoms with Crippen molar-refractivity contribution >= 4 is 11.0 Å². The Kier molecular flexibility index (Phi) is 2.34. The number of furan rings is 1. The molecule has 0 amide bonds. The van der Waals surface area contributed by atoms with Crippen LogP contribution in [-0.2, 0) is 6.42 Å². The van der Waals surface area contributed by atoms with Crippen molar-refractivity contribution in [2.24, 2.45) is 0 Å². The number of nitrogens with zero attached hydrogens (tertiary/aromatic N) is 1. The zero-order valence-corrected chi connectivity index (χ0v) is 8.70. The minimum absolute atomic E-state index is 0.388. The maximum atomic E-state index is 8.70. The van der Waals surface area contributed by atoms with Crippen molar-refractivity contribution < 1.29 is 9.15 Å². The molecule has 0 bridgehead atoms. The number of hydrogen-bond acceptors (Lipinski definition) is 3. The molecule has 0 unspecified atom stereocenters. The molecule has 76 valence electrons. The van der Waals surface area contributed by atoms with Crippen LogP contribution < -0.4 is 4.74 Å². The van der Waals surface area contributed by atoms with Crippen molar-refractivity contribution in [3.05, 3.63) is 29.5 Å². The first-order valence-electron chi connectivity index (χ1n) is 4.69. The van der Waals surface area contributed by atoms with Gasteiger partial charge in [0.15, 0.2) is 11.3 Å². The number of methoxy groups -OCH3 is 1. The van der Waals surface area contributed by atoms with Crippen LogP contribution in [0.3, 0.4) is 0 Å². The van der Waals surface area contributed by atoms with E-state index in [1.54, 1.807) is 7.11 Å². The van der Waals surface area contributed by atoms with Crippen molar-refractivity contribution in [1.29, 1.82) is 5.26 Å². The van der Waals surface area contributed by atoms with Gasteiger partial charge in [-0.15, -0.1) is 0 Å². The Bertz CT molecular complexity index is 534. The lowest BCUT2D eigenvalue weighted by Crippen LogP contribution is -1.87. The van der Waals surface area contributed by atoms with Gasteiger partial charge in [-0.05, 0) is 24.6 Å². The van der Waals surface area contributed by atoms with E-state index in [2.05, 4.69) is 6.07 Å². The molecule has 1 aromatic carbocycles. The lowest BCUT2D eigenvalue weighted by atomic mass is 10.1. The van der Waals surface area contributed by atoms with E-state index in [1.807, 2.05) is 25.1 Å². The summed E-state index contributed by atoms with van der Waals surface area (Å²) in [5.41, 5.74) is 1.70. The van der Waals surface area contributed by atoms with Crippen LogP contribution in [0.4, 0.5) is 0 Å². The summed E-state index contributed by atoms with van der Waals surface area (Å²) >= 11 is 0. The largest absolute Gasteiger partial charge is 0.493 e. The van der Waals surface area contributed by atoms with Gasteiger partial charge < -0.3 is 9.15 Å². The van der Waals surface area contributed by atoms with Crippen molar-refractivity contribution in [3.63, 3.8) is 0 Å². The fourth-order valence-electron chi connectivity index (χ4n) is 1.68. The van der Waals surface area contributed by atoms with Crippen LogP contribution in [0.2, 0.25) is 0 Å². The molecule has 0 spiro atoms. The summed E-state index contributed by atoms with van der Waals surface area (Å²) in [6, 6.07) is 7.81. The second-order valence-electron chi connectivity index (χ2n) is 3.36. The summed E-state index contributed by atoms with van der Waals surface area (Å²) in [5, 5.41) is 9.67. The van der Waals surface area contributed by atoms with E-state index in [-0.39, 0.29) is 0 Å². The van der Waals surface area contributed by atoms with E-state index in [0.717, 1.165) is 22.3 Å². The van der Waals surface area contributed by atoms with E-state index in [1.165, 1.54) is 0 Å². The average Bonchev–Trinajstić information content (AvgIpc) is 2.61. The lowest BCUT2D eigenvalue weighted by molar-refractivity contribution is 0.408. The Morgan fingerprint density at radius 2 is 2.27 bits per heavy atom. The maximum Gasteiger partial charge on any atom is 0.176 e. The summed E-state index contributed by atoms with van der Waals surface area (Å²) in [6.45, 7) is 1.88. The van der Waals surface area contributed by atoms with Crippen LogP contribution in [0.5, 0.6) is 5.75 Å². The van der Waals surface area contributed by atoms with Gasteiger partial charge in [0, 0.05) is 5.39 Å². The Morgan fingerprint density at radius 1 is 1.47 bits per heavy atom. The molecule has 3 nitrogen and oxygen atoms in total. The fourth-order valence-corrected chi connectivity index (χ4v) is 1.68. The fraction of sp³-hybridized carbons (Fsp3) is 0.250. The molecule has 0 aliphatic carbocycles. The normalized spacial score (nSPS) is 10.2. The monoisotopic (exact) mass is 201 g/mol. The molecule has 0 saturated heterocycles. The molecule has 0 aliphatic heterocycles. The second kappa shape index (κ2) is 3.66. The predicted molar refractivity (Wildman–Crippen MR) is 56.8 cm³/mol. The highest BCUT2D eigenvalue weighted by Crippen LogP contribution is 2.31. The van der Waals surface area contributed by atoms with E-state index in [0.29, 0.717) is 12.2 Å². The van der Waals surface area contributed by atoms with Gasteiger partial charge in [-0.3, -0.25) is 0 Å². The molecule has 3 heteroatoms. The smallest absolute Gasteiger partial charge is 0.176 e. The van der Waals surface area contributed by atoms with Crippen LogP contribution in [0.1, 0.15) is 11.3 Å². The van der Waals surface area contributed by atoms with Gasteiger partial charge in [-0.2, -0.15) is 5.26 Å². The third-order valence-electron chi connectivity index (χ3n) is 2.35. The minimum atomic E-state index is 0.388. The zero-order valence-electron chi connectivity index (χ0n) is 8.70. The summed E-state index contributed by atoms with van der Waals surface area (Å²) in [5.74, 6) is 1.54. The van der Waals surface area contributed by atoms with E-state index in [9.17, 15) is 0 Å². The van der Waals surface area contributed by atoms with Crippen LogP contribution in [-0.4, -0.2) is 7.11 Å². The molecule has 15 heavy (non-hydrogen) atoms. The average molecular weight is 201 g/mol. The van der Waals surface area contributed by atoms with E-state index >= 15 is 0 Å². The van der Waals surface area contributed by atoms with Gasteiger partial charge in [0.05, 0.1) is 19.6 Å². The highest BCUT2D eigenvalue weighted by Gasteiger charge is 2.10. The number of hydrogen-bond donors (Lipinski definition) is 0. The number of fused-ring (bicyclic) bond motifs is 1. The van der Waals surface area contributed by atoms with Gasteiger partial charge >= 0.3 is 0 Å². The Hall–Kier alpha value is -1.95. The van der Waals surface area contributed by atoms with E-state index in [4.69, 9.17) is 14.4 Å². The highest BCUT2D eigenvalue weighted by molar-refractivity contribution is 5.87. The minimum Gasteiger partial charge on any atom is -0.493 e. The molecule has 0 atom stereocenters. The lowest BCUT2D eigenvalue weighted by Gasteiger charge is -2.02. The Balaban J connectivity index is 2.72. The second-order valence-corrected chi connectivity index (χ2v) is 3.36. The third-order valence-corrected chi connectivity index (χ3v) is 2.35. The number of aryl methyl sites for hydroxylation is 1. The van der Waals surface area contributed by atoms with Crippen LogP contribution in [0.25, 0.3) is 11.0 Å². The summed E-state index contributed by atoms with van der Waals surface area (Å²) in [6.07, 6.45) is 0.388. The summed E-state index contributed by atoms with van der Waals surface area (Å²) in [4.78, 5) is 0. The topological polar surface area (TPSA) is 46.2 Å². The molecular formula is C12H11NO2. The van der Waals surface area contributed by atoms with Crippen molar-refractivity contribution in [1.82, 2.24) is 0 Å². The Labute approximate surface area is 87.9 Å². The molecule has 0 radical (unpaired) electrons. The molecule has 1 aromatic heterocycles. The molecule has 0 saturated carbocycles. The molecule has 0 N–H and O–H groups in total. The number of rotatable bonds is 2. The van der Waals surface area contributed by atoms with Gasteiger partial charge in [-0.25, -0.2) is 0 Å². The standard InChI is InChI=1S/C12H11NO2/c1-8-7-10-9(5-6-13)3-4-11(14-2)12(10)15-8/h3-4,7H,5H2,1-2H3. The van der Waals surface area contributed by atoms with Crippen molar-refractivity contribution in [3.8, 4) is 11.8 Å². The first-order valence-corrected chi connectivity index (χ1v) is 4.69. The zero-order chi connectivity index (χ0) is 10.8. The molecule has 1 heterocycles. The summed E-state index contributed by atoms with van der Waals surface area (Å²) in [7, 11) is 1.61. The number of ether oxygens (including phenoxy) is 1. The quantitative estimate of drug-likeness (QED) is 0.750. The predicted octanol–water partition coefficient (Wildman–Crippen LogP) is 2.82. The van der Waals surface area contributed by atoms with Gasteiger partial charge in [-0.1, -0.05) is 6.07 Å². The summed E-state index contributed by atoms with van der Waals surface area (Å²) < 4.78 is 10.7. The first kappa shape index (κ1) is 9.60. The number of benzene rings is 1. The molecule has 2 aromatic rings. The SMILES string of the molecule is COc1ccc(CC#N)c2cc(C)oc12. The van der Waals surface area contributed by atoms with E-state index < -0.39 is 0 Å². The molecule has 2 rings (SSSR count). The molecule has 0 fully saturated rings. The van der Waals surface area contributed by atoms with Crippen molar-refractivity contribution in [2.45, 2.75) is 13.3 Å². The maximum absolute atomic E-state index is 8.70.